The molecule has 9 heteroatoms. The van der Waals surface area contributed by atoms with Crippen LogP contribution in [0.5, 0.6) is 0 Å². The number of hydrogen-bond donors (Lipinski definition) is 2. The van der Waals surface area contributed by atoms with Crippen molar-refractivity contribution in [2.75, 3.05) is 19.5 Å². The summed E-state index contributed by atoms with van der Waals surface area (Å²) in [6, 6.07) is 6.04. The van der Waals surface area contributed by atoms with E-state index >= 15 is 0 Å². The van der Waals surface area contributed by atoms with Gasteiger partial charge in [0.25, 0.3) is 11.1 Å². The third kappa shape index (κ3) is 4.43. The first-order valence-electron chi connectivity index (χ1n) is 6.04. The molecule has 1 aromatic rings. The zero-order valence-corrected chi connectivity index (χ0v) is 13.9. The van der Waals surface area contributed by atoms with Crippen LogP contribution in [0.4, 0.5) is 10.5 Å². The zero-order valence-electron chi connectivity index (χ0n) is 12.2. The summed E-state index contributed by atoms with van der Waals surface area (Å²) in [5.74, 6) is -0.854. The Morgan fingerprint density at radius 3 is 2.18 bits per heavy atom. The Hall–Kier alpha value is -2.13. The summed E-state index contributed by atoms with van der Waals surface area (Å²) in [6.45, 7) is 1.38. The van der Waals surface area contributed by atoms with Crippen LogP contribution in [0, 0.1) is 0 Å². The number of thiol groups is 1. The molecule has 0 aromatic heterocycles. The van der Waals surface area contributed by atoms with Gasteiger partial charge in [0.2, 0.25) is 5.91 Å². The molecule has 0 saturated heterocycles. The van der Waals surface area contributed by atoms with Gasteiger partial charge >= 0.3 is 5.24 Å². The molecule has 1 aromatic carbocycles. The lowest BCUT2D eigenvalue weighted by molar-refractivity contribution is -0.114. The Bertz CT molecular complexity index is 604. The molecule has 0 spiro atoms. The first-order valence-corrected chi connectivity index (χ1v) is 6.90. The van der Waals surface area contributed by atoms with Gasteiger partial charge in [0.1, 0.15) is 0 Å². The molecule has 118 valence electrons. The second kappa shape index (κ2) is 7.76. The molecule has 0 heterocycles. The van der Waals surface area contributed by atoms with Crippen molar-refractivity contribution in [3.05, 3.63) is 29.8 Å². The fourth-order valence-electron chi connectivity index (χ4n) is 1.59. The quantitative estimate of drug-likeness (QED) is 0.486. The number of imide groups is 1. The highest BCUT2D eigenvalue weighted by atomic mass is 32.1. The van der Waals surface area contributed by atoms with E-state index in [1.807, 2.05) is 0 Å². The number of methoxy groups -OCH3 is 1. The van der Waals surface area contributed by atoms with Gasteiger partial charge in [-0.15, -0.1) is 0 Å². The summed E-state index contributed by atoms with van der Waals surface area (Å²) in [5, 5.41) is 3.52. The Morgan fingerprint density at radius 1 is 1.23 bits per heavy atom. The Labute approximate surface area is 138 Å². The first kappa shape index (κ1) is 17.9. The van der Waals surface area contributed by atoms with Crippen molar-refractivity contribution < 1.29 is 19.1 Å². The monoisotopic (exact) mass is 341 g/mol. The fraction of sp³-hybridized carbons (Fsp3) is 0.231. The number of nitrogens with one attached hydrogen (secondary N) is 1. The molecule has 0 aliphatic rings. The normalized spacial score (nSPS) is 9.64. The van der Waals surface area contributed by atoms with E-state index in [2.05, 4.69) is 17.9 Å². The number of carbonyl (C=O) groups is 3. The number of hydrazine groups is 1. The van der Waals surface area contributed by atoms with Crippen molar-refractivity contribution in [2.45, 2.75) is 6.92 Å². The van der Waals surface area contributed by atoms with Crippen molar-refractivity contribution in [1.82, 2.24) is 10.0 Å². The number of hydrogen-bond acceptors (Lipinski definition) is 5. The summed E-state index contributed by atoms with van der Waals surface area (Å²) >= 11 is 8.56. The molecule has 3 amide bonds. The van der Waals surface area contributed by atoms with E-state index < -0.39 is 11.1 Å². The third-order valence-electron chi connectivity index (χ3n) is 2.56. The van der Waals surface area contributed by atoms with Crippen LogP contribution in [0.2, 0.25) is 0 Å². The Kier molecular flexibility index (Phi) is 6.32. The minimum atomic E-state index is -0.808. The molecule has 1 N–H and O–H groups in total. The van der Waals surface area contributed by atoms with Crippen LogP contribution in [0.15, 0.2) is 24.3 Å². The van der Waals surface area contributed by atoms with E-state index in [1.54, 1.807) is 12.1 Å². The van der Waals surface area contributed by atoms with Crippen molar-refractivity contribution in [2.24, 2.45) is 0 Å². The molecule has 0 aliphatic carbocycles. The van der Waals surface area contributed by atoms with Crippen molar-refractivity contribution >= 4 is 52.8 Å². The van der Waals surface area contributed by atoms with Gasteiger partial charge in [-0.1, -0.05) is 12.6 Å². The van der Waals surface area contributed by atoms with E-state index in [1.165, 1.54) is 33.2 Å². The number of carbonyl (C=O) groups excluding carboxylic acids is 3. The summed E-state index contributed by atoms with van der Waals surface area (Å²) in [6.07, 6.45) is 0. The average Bonchev–Trinajstić information content (AvgIpc) is 2.46. The Morgan fingerprint density at radius 2 is 1.77 bits per heavy atom. The van der Waals surface area contributed by atoms with E-state index in [0.29, 0.717) is 5.69 Å². The van der Waals surface area contributed by atoms with Gasteiger partial charge in [-0.05, 0) is 36.5 Å². The summed E-state index contributed by atoms with van der Waals surface area (Å²) in [4.78, 5) is 34.9. The van der Waals surface area contributed by atoms with Crippen LogP contribution in [-0.2, 0) is 9.53 Å². The number of nitrogens with zero attached hydrogens (tertiary/aromatic N) is 2. The maximum atomic E-state index is 12.4. The van der Waals surface area contributed by atoms with Gasteiger partial charge in [-0.25, -0.2) is 5.01 Å². The van der Waals surface area contributed by atoms with E-state index in [9.17, 15) is 14.4 Å². The SMILES string of the molecule is COC(=S)N(C)N(C(=O)S)C(=O)c1ccc(NC(C)=O)cc1. The second-order valence-corrected chi connectivity index (χ2v) is 4.88. The minimum absolute atomic E-state index is 0.0642. The van der Waals surface area contributed by atoms with Crippen molar-refractivity contribution in [3.63, 3.8) is 0 Å². The molecule has 0 atom stereocenters. The van der Waals surface area contributed by atoms with Gasteiger partial charge < -0.3 is 10.1 Å². The number of thiocarbonyl (C=S) groups is 1. The molecule has 0 unspecified atom stereocenters. The maximum absolute atomic E-state index is 12.4. The average molecular weight is 341 g/mol. The van der Waals surface area contributed by atoms with E-state index in [0.717, 1.165) is 10.0 Å². The lowest BCUT2D eigenvalue weighted by atomic mass is 10.2. The molecule has 0 fully saturated rings. The number of anilines is 1. The predicted molar refractivity (Wildman–Crippen MR) is 88.7 cm³/mol. The lowest BCUT2D eigenvalue weighted by Crippen LogP contribution is -2.48. The molecule has 0 radical (unpaired) electrons. The highest BCUT2D eigenvalue weighted by molar-refractivity contribution is 7.96. The molecular formula is C13H15N3O4S2. The minimum Gasteiger partial charge on any atom is -0.473 e. The van der Waals surface area contributed by atoms with Crippen molar-refractivity contribution in [3.8, 4) is 0 Å². The molecule has 1 rings (SSSR count). The summed E-state index contributed by atoms with van der Waals surface area (Å²) in [7, 11) is 2.73. The third-order valence-corrected chi connectivity index (χ3v) is 3.18. The summed E-state index contributed by atoms with van der Waals surface area (Å²) < 4.78 is 4.82. The zero-order chi connectivity index (χ0) is 16.9. The van der Waals surface area contributed by atoms with Crippen LogP contribution < -0.4 is 5.32 Å². The van der Waals surface area contributed by atoms with Crippen LogP contribution in [0.25, 0.3) is 0 Å². The van der Waals surface area contributed by atoms with Gasteiger partial charge in [-0.2, -0.15) is 5.01 Å². The van der Waals surface area contributed by atoms with Crippen molar-refractivity contribution in [1.29, 1.82) is 0 Å². The number of rotatable bonds is 2. The lowest BCUT2D eigenvalue weighted by Gasteiger charge is -2.29. The van der Waals surface area contributed by atoms with Crippen LogP contribution in [-0.4, -0.2) is 46.4 Å². The first-order chi connectivity index (χ1) is 10.3. The number of benzene rings is 1. The largest absolute Gasteiger partial charge is 0.473 e. The molecule has 7 nitrogen and oxygen atoms in total. The van der Waals surface area contributed by atoms with Crippen LogP contribution in [0.3, 0.4) is 0 Å². The van der Waals surface area contributed by atoms with Crippen LogP contribution >= 0.6 is 24.8 Å². The highest BCUT2D eigenvalue weighted by Crippen LogP contribution is 2.14. The number of amides is 3. The summed E-state index contributed by atoms with van der Waals surface area (Å²) in [5.41, 5.74) is 0.760. The maximum Gasteiger partial charge on any atom is 0.304 e. The number of ether oxygens (including phenoxy) is 1. The molecule has 22 heavy (non-hydrogen) atoms. The van der Waals surface area contributed by atoms with Gasteiger partial charge in [0.15, 0.2) is 0 Å². The molecule has 0 saturated carbocycles. The van der Waals surface area contributed by atoms with E-state index in [-0.39, 0.29) is 16.6 Å². The molecule has 0 aliphatic heterocycles. The van der Waals surface area contributed by atoms with E-state index in [4.69, 9.17) is 17.0 Å². The standard InChI is InChI=1S/C13H15N3O4S2/c1-8(17)14-10-6-4-9(5-7-10)11(18)16(12(19)21)15(2)13(22)20-3/h4-7H,1-3H3,(H,14,17)(H,19,21). The molecular weight excluding hydrogens is 326 g/mol. The van der Waals surface area contributed by atoms with Crippen LogP contribution in [0.1, 0.15) is 17.3 Å². The predicted octanol–water partition coefficient (Wildman–Crippen LogP) is 1.92. The van der Waals surface area contributed by atoms with Gasteiger partial charge in [-0.3, -0.25) is 14.4 Å². The highest BCUT2D eigenvalue weighted by Gasteiger charge is 2.27. The molecule has 0 bridgehead atoms. The smallest absolute Gasteiger partial charge is 0.304 e. The fourth-order valence-corrected chi connectivity index (χ4v) is 1.89. The topological polar surface area (TPSA) is 79.0 Å². The van der Waals surface area contributed by atoms with Gasteiger partial charge in [0.05, 0.1) is 7.11 Å². The second-order valence-electron chi connectivity index (χ2n) is 4.15. The Balaban J connectivity index is 3.02. The van der Waals surface area contributed by atoms with Gasteiger partial charge in [0, 0.05) is 25.2 Å².